The third-order valence-electron chi connectivity index (χ3n) is 4.75. The average molecular weight is 326 g/mol. The van der Waals surface area contributed by atoms with E-state index in [9.17, 15) is 0 Å². The molecule has 3 rings (SSSR count). The molecule has 0 radical (unpaired) electrons. The molecule has 2 aromatic rings. The van der Waals surface area contributed by atoms with Gasteiger partial charge >= 0.3 is 0 Å². The molecule has 1 saturated heterocycles. The quantitative estimate of drug-likeness (QED) is 0.884. The number of benzene rings is 1. The fraction of sp³-hybridized carbons (Fsp3) is 0.474. The second-order valence-corrected chi connectivity index (χ2v) is 6.41. The van der Waals surface area contributed by atoms with Gasteiger partial charge in [-0.3, -0.25) is 0 Å². The minimum Gasteiger partial charge on any atom is -0.497 e. The van der Waals surface area contributed by atoms with Gasteiger partial charge in [0.2, 0.25) is 0 Å². The van der Waals surface area contributed by atoms with E-state index in [1.165, 1.54) is 12.8 Å². The molecule has 128 valence electrons. The number of hydrogen-bond acceptors (Lipinski definition) is 5. The van der Waals surface area contributed by atoms with E-state index in [1.807, 2.05) is 31.2 Å². The third-order valence-corrected chi connectivity index (χ3v) is 4.75. The maximum atomic E-state index is 5.22. The van der Waals surface area contributed by atoms with Crippen LogP contribution in [0.4, 0.5) is 5.82 Å². The molecule has 2 heterocycles. The zero-order valence-corrected chi connectivity index (χ0v) is 14.7. The van der Waals surface area contributed by atoms with Gasteiger partial charge in [0.25, 0.3) is 0 Å². The predicted octanol–water partition coefficient (Wildman–Crippen LogP) is 3.18. The molecule has 0 saturated carbocycles. The van der Waals surface area contributed by atoms with Gasteiger partial charge < -0.3 is 15.4 Å². The van der Waals surface area contributed by atoms with Gasteiger partial charge in [0.05, 0.1) is 7.11 Å². The van der Waals surface area contributed by atoms with E-state index in [-0.39, 0.29) is 0 Å². The Balaban J connectivity index is 1.79. The highest BCUT2D eigenvalue weighted by atomic mass is 16.5. The summed E-state index contributed by atoms with van der Waals surface area (Å²) in [6, 6.07) is 7.88. The maximum absolute atomic E-state index is 5.22. The van der Waals surface area contributed by atoms with Crippen LogP contribution in [0, 0.1) is 19.8 Å². The molecule has 0 bridgehead atoms. The normalized spacial score (nSPS) is 15.3. The van der Waals surface area contributed by atoms with Crippen molar-refractivity contribution in [2.24, 2.45) is 5.92 Å². The minimum absolute atomic E-state index is 0.713. The number of anilines is 1. The van der Waals surface area contributed by atoms with Crippen molar-refractivity contribution in [2.45, 2.75) is 26.7 Å². The van der Waals surface area contributed by atoms with Gasteiger partial charge in [-0.05, 0) is 70.0 Å². The highest BCUT2D eigenvalue weighted by Crippen LogP contribution is 2.24. The summed E-state index contributed by atoms with van der Waals surface area (Å²) in [4.78, 5) is 9.42. The molecule has 1 aromatic heterocycles. The van der Waals surface area contributed by atoms with Crippen LogP contribution in [0.1, 0.15) is 24.1 Å². The minimum atomic E-state index is 0.713. The van der Waals surface area contributed by atoms with Gasteiger partial charge in [0.15, 0.2) is 5.82 Å². The molecule has 1 aliphatic rings. The van der Waals surface area contributed by atoms with Crippen molar-refractivity contribution < 1.29 is 4.74 Å². The topological polar surface area (TPSA) is 59.1 Å². The smallest absolute Gasteiger partial charge is 0.161 e. The molecule has 1 aliphatic heterocycles. The summed E-state index contributed by atoms with van der Waals surface area (Å²) in [5.74, 6) is 3.26. The van der Waals surface area contributed by atoms with E-state index in [0.29, 0.717) is 5.92 Å². The van der Waals surface area contributed by atoms with Crippen LogP contribution in [0.15, 0.2) is 24.3 Å². The van der Waals surface area contributed by atoms with Crippen LogP contribution in [-0.2, 0) is 0 Å². The first-order valence-electron chi connectivity index (χ1n) is 8.61. The first-order valence-corrected chi connectivity index (χ1v) is 8.61. The molecule has 2 N–H and O–H groups in total. The number of aromatic nitrogens is 2. The van der Waals surface area contributed by atoms with E-state index in [1.54, 1.807) is 7.11 Å². The SMILES string of the molecule is COc1ccc(-c2nc(C)c(C)c(NCC3CCNCC3)n2)cc1. The summed E-state index contributed by atoms with van der Waals surface area (Å²) in [6.07, 6.45) is 2.45. The summed E-state index contributed by atoms with van der Waals surface area (Å²) in [5.41, 5.74) is 3.15. The number of piperidine rings is 1. The summed E-state index contributed by atoms with van der Waals surface area (Å²) in [5, 5.41) is 6.96. The van der Waals surface area contributed by atoms with Crippen molar-refractivity contribution in [3.05, 3.63) is 35.5 Å². The zero-order valence-electron chi connectivity index (χ0n) is 14.7. The van der Waals surface area contributed by atoms with Crippen LogP contribution in [0.3, 0.4) is 0 Å². The van der Waals surface area contributed by atoms with E-state index < -0.39 is 0 Å². The Bertz CT molecular complexity index is 679. The number of nitrogens with one attached hydrogen (secondary N) is 2. The monoisotopic (exact) mass is 326 g/mol. The largest absolute Gasteiger partial charge is 0.497 e. The molecule has 1 fully saturated rings. The van der Waals surface area contributed by atoms with Crippen LogP contribution in [0.5, 0.6) is 5.75 Å². The van der Waals surface area contributed by atoms with Gasteiger partial charge in [-0.25, -0.2) is 9.97 Å². The Morgan fingerprint density at radius 2 is 1.83 bits per heavy atom. The van der Waals surface area contributed by atoms with Gasteiger partial charge in [-0.15, -0.1) is 0 Å². The third kappa shape index (κ3) is 3.85. The molecule has 0 aliphatic carbocycles. The average Bonchev–Trinajstić information content (AvgIpc) is 2.63. The lowest BCUT2D eigenvalue weighted by molar-refractivity contribution is 0.389. The molecule has 1 aromatic carbocycles. The molecule has 0 spiro atoms. The summed E-state index contributed by atoms with van der Waals surface area (Å²) < 4.78 is 5.22. The van der Waals surface area contributed by atoms with E-state index >= 15 is 0 Å². The Kier molecular flexibility index (Phi) is 5.30. The number of ether oxygens (including phenoxy) is 1. The van der Waals surface area contributed by atoms with Crippen LogP contribution in [-0.4, -0.2) is 36.7 Å². The van der Waals surface area contributed by atoms with Crippen LogP contribution in [0.25, 0.3) is 11.4 Å². The standard InChI is InChI=1S/C19H26N4O/c1-13-14(2)22-19(16-4-6-17(24-3)7-5-16)23-18(13)21-12-15-8-10-20-11-9-15/h4-7,15,20H,8-12H2,1-3H3,(H,21,22,23). The maximum Gasteiger partial charge on any atom is 0.161 e. The number of methoxy groups -OCH3 is 1. The van der Waals surface area contributed by atoms with Gasteiger partial charge in [-0.2, -0.15) is 0 Å². The number of nitrogens with zero attached hydrogens (tertiary/aromatic N) is 2. The van der Waals surface area contributed by atoms with E-state index in [4.69, 9.17) is 9.72 Å². The van der Waals surface area contributed by atoms with Crippen LogP contribution in [0.2, 0.25) is 0 Å². The zero-order chi connectivity index (χ0) is 16.9. The second-order valence-electron chi connectivity index (χ2n) is 6.41. The Labute approximate surface area is 143 Å². The van der Waals surface area contributed by atoms with Crippen molar-refractivity contribution in [1.82, 2.24) is 15.3 Å². The van der Waals surface area contributed by atoms with E-state index in [0.717, 1.165) is 53.8 Å². The lowest BCUT2D eigenvalue weighted by Crippen LogP contribution is -2.31. The van der Waals surface area contributed by atoms with Crippen molar-refractivity contribution >= 4 is 5.82 Å². The molecular formula is C19H26N4O. The lowest BCUT2D eigenvalue weighted by Gasteiger charge is -2.23. The van der Waals surface area contributed by atoms with Crippen LogP contribution < -0.4 is 15.4 Å². The molecule has 0 unspecified atom stereocenters. The predicted molar refractivity (Wildman–Crippen MR) is 97.6 cm³/mol. The van der Waals surface area contributed by atoms with Crippen molar-refractivity contribution in [3.8, 4) is 17.1 Å². The Morgan fingerprint density at radius 3 is 2.50 bits per heavy atom. The van der Waals surface area contributed by atoms with Gasteiger partial charge in [-0.1, -0.05) is 0 Å². The molecule has 0 amide bonds. The number of aryl methyl sites for hydroxylation is 1. The highest BCUT2D eigenvalue weighted by molar-refractivity contribution is 5.60. The number of hydrogen-bond donors (Lipinski definition) is 2. The molecule has 5 nitrogen and oxygen atoms in total. The fourth-order valence-electron chi connectivity index (χ4n) is 3.00. The summed E-state index contributed by atoms with van der Waals surface area (Å²) in [6.45, 7) is 7.33. The van der Waals surface area contributed by atoms with Gasteiger partial charge in [0.1, 0.15) is 11.6 Å². The van der Waals surface area contributed by atoms with Crippen molar-refractivity contribution in [2.75, 3.05) is 32.1 Å². The first kappa shape index (κ1) is 16.7. The van der Waals surface area contributed by atoms with E-state index in [2.05, 4.69) is 22.5 Å². The Hall–Kier alpha value is -2.14. The second kappa shape index (κ2) is 7.62. The van der Waals surface area contributed by atoms with Crippen molar-refractivity contribution in [1.29, 1.82) is 0 Å². The lowest BCUT2D eigenvalue weighted by atomic mass is 9.98. The molecule has 5 heteroatoms. The molecule has 0 atom stereocenters. The highest BCUT2D eigenvalue weighted by Gasteiger charge is 2.15. The van der Waals surface area contributed by atoms with Crippen LogP contribution >= 0.6 is 0 Å². The summed E-state index contributed by atoms with van der Waals surface area (Å²) in [7, 11) is 1.67. The van der Waals surface area contributed by atoms with Crippen molar-refractivity contribution in [3.63, 3.8) is 0 Å². The Morgan fingerprint density at radius 1 is 1.12 bits per heavy atom. The fourth-order valence-corrected chi connectivity index (χ4v) is 3.00. The van der Waals surface area contributed by atoms with Gasteiger partial charge in [0, 0.05) is 23.4 Å². The number of rotatable bonds is 5. The summed E-state index contributed by atoms with van der Waals surface area (Å²) >= 11 is 0. The molecule has 24 heavy (non-hydrogen) atoms. The first-order chi connectivity index (χ1) is 11.7. The molecular weight excluding hydrogens is 300 g/mol.